The van der Waals surface area contributed by atoms with Crippen LogP contribution in [0.2, 0.25) is 5.02 Å². The number of nitrogens with one attached hydrogen (secondary N) is 1. The van der Waals surface area contributed by atoms with Crippen molar-refractivity contribution >= 4 is 29.0 Å². The molecule has 2 aromatic rings. The SMILES string of the molecule is O=C1CCN(Cc2cc(=O)c(OCC(=O)Nc3ccc(F)c(Cl)c3)co2)CC1. The van der Waals surface area contributed by atoms with E-state index in [4.69, 9.17) is 20.8 Å². The number of amides is 1. The van der Waals surface area contributed by atoms with Crippen LogP contribution in [0.5, 0.6) is 5.75 Å². The van der Waals surface area contributed by atoms with Gasteiger partial charge in [0.1, 0.15) is 23.6 Å². The van der Waals surface area contributed by atoms with Crippen LogP contribution in [0.15, 0.2) is 39.7 Å². The van der Waals surface area contributed by atoms with Gasteiger partial charge < -0.3 is 14.5 Å². The van der Waals surface area contributed by atoms with Gasteiger partial charge in [-0.25, -0.2) is 4.39 Å². The zero-order valence-corrected chi connectivity index (χ0v) is 15.6. The molecule has 7 nitrogen and oxygen atoms in total. The average Bonchev–Trinajstić information content (AvgIpc) is 2.66. The summed E-state index contributed by atoms with van der Waals surface area (Å²) in [5.74, 6) is -0.529. The van der Waals surface area contributed by atoms with Crippen molar-refractivity contribution in [2.24, 2.45) is 0 Å². The molecule has 1 amide bonds. The van der Waals surface area contributed by atoms with Crippen LogP contribution in [0.25, 0.3) is 0 Å². The number of benzene rings is 1. The highest BCUT2D eigenvalue weighted by molar-refractivity contribution is 6.31. The number of ketones is 1. The van der Waals surface area contributed by atoms with Gasteiger partial charge in [-0.1, -0.05) is 11.6 Å². The highest BCUT2D eigenvalue weighted by Crippen LogP contribution is 2.19. The second-order valence-corrected chi connectivity index (χ2v) is 6.76. The first-order valence-electron chi connectivity index (χ1n) is 8.64. The first-order valence-corrected chi connectivity index (χ1v) is 9.02. The van der Waals surface area contributed by atoms with Crippen LogP contribution in [0, 0.1) is 5.82 Å². The summed E-state index contributed by atoms with van der Waals surface area (Å²) in [7, 11) is 0. The molecule has 1 aliphatic heterocycles. The number of Topliss-reactive ketones (excluding diaryl/α,β-unsaturated/α-hetero) is 1. The lowest BCUT2D eigenvalue weighted by atomic mass is 10.1. The van der Waals surface area contributed by atoms with Crippen molar-refractivity contribution in [3.63, 3.8) is 0 Å². The molecular weight excluding hydrogens is 391 g/mol. The van der Waals surface area contributed by atoms with Gasteiger partial charge in [-0.2, -0.15) is 0 Å². The summed E-state index contributed by atoms with van der Waals surface area (Å²) in [5, 5.41) is 2.37. The van der Waals surface area contributed by atoms with Gasteiger partial charge in [-0.05, 0) is 18.2 Å². The fraction of sp³-hybridized carbons (Fsp3) is 0.316. The molecule has 0 spiro atoms. The van der Waals surface area contributed by atoms with Crippen LogP contribution in [0.1, 0.15) is 18.6 Å². The molecule has 0 radical (unpaired) electrons. The molecule has 28 heavy (non-hydrogen) atoms. The van der Waals surface area contributed by atoms with E-state index >= 15 is 0 Å². The van der Waals surface area contributed by atoms with E-state index < -0.39 is 23.8 Å². The van der Waals surface area contributed by atoms with Crippen molar-refractivity contribution < 1.29 is 23.1 Å². The minimum absolute atomic E-state index is 0.0927. The quantitative estimate of drug-likeness (QED) is 0.790. The molecule has 0 bridgehead atoms. The topological polar surface area (TPSA) is 88.8 Å². The van der Waals surface area contributed by atoms with Gasteiger partial charge in [0, 0.05) is 37.7 Å². The Balaban J connectivity index is 1.52. The van der Waals surface area contributed by atoms with Crippen LogP contribution in [-0.4, -0.2) is 36.3 Å². The van der Waals surface area contributed by atoms with Gasteiger partial charge in [-0.15, -0.1) is 0 Å². The standard InChI is InChI=1S/C19H18ClFN2O5/c20-15-7-12(1-2-16(15)21)22-19(26)11-28-18-10-27-14(8-17(18)25)9-23-5-3-13(24)4-6-23/h1-2,7-8,10H,3-6,9,11H2,(H,22,26). The fourth-order valence-electron chi connectivity index (χ4n) is 2.72. The van der Waals surface area contributed by atoms with Crippen molar-refractivity contribution in [2.45, 2.75) is 19.4 Å². The van der Waals surface area contributed by atoms with E-state index in [1.807, 2.05) is 4.90 Å². The molecule has 9 heteroatoms. The number of carbonyl (C=O) groups excluding carboxylic acids is 2. The normalized spacial score (nSPS) is 14.7. The summed E-state index contributed by atoms with van der Waals surface area (Å²) in [6, 6.07) is 5.07. The van der Waals surface area contributed by atoms with Crippen molar-refractivity contribution in [3.8, 4) is 5.75 Å². The number of anilines is 1. The maximum atomic E-state index is 13.1. The molecule has 1 N–H and O–H groups in total. The monoisotopic (exact) mass is 408 g/mol. The van der Waals surface area contributed by atoms with E-state index in [0.29, 0.717) is 43.9 Å². The van der Waals surface area contributed by atoms with Gasteiger partial charge in [0.25, 0.3) is 5.91 Å². The minimum Gasteiger partial charge on any atom is -0.477 e. The Hall–Kier alpha value is -2.71. The lowest BCUT2D eigenvalue weighted by molar-refractivity contribution is -0.121. The Labute approximate surface area is 165 Å². The number of ether oxygens (including phenoxy) is 1. The van der Waals surface area contributed by atoms with Gasteiger partial charge in [0.2, 0.25) is 11.2 Å². The van der Waals surface area contributed by atoms with Gasteiger partial charge in [-0.3, -0.25) is 19.3 Å². The van der Waals surface area contributed by atoms with Gasteiger partial charge >= 0.3 is 0 Å². The largest absolute Gasteiger partial charge is 0.477 e. The lowest BCUT2D eigenvalue weighted by Crippen LogP contribution is -2.33. The summed E-state index contributed by atoms with van der Waals surface area (Å²) in [6.45, 7) is 1.27. The summed E-state index contributed by atoms with van der Waals surface area (Å²) in [6.07, 6.45) is 2.16. The smallest absolute Gasteiger partial charge is 0.262 e. The fourth-order valence-corrected chi connectivity index (χ4v) is 2.90. The molecule has 1 aliphatic rings. The van der Waals surface area contributed by atoms with Gasteiger partial charge in [0.15, 0.2) is 6.61 Å². The third kappa shape index (κ3) is 5.40. The van der Waals surface area contributed by atoms with Crippen LogP contribution >= 0.6 is 11.6 Å². The first kappa shape index (κ1) is 20.0. The zero-order chi connectivity index (χ0) is 20.1. The maximum Gasteiger partial charge on any atom is 0.262 e. The molecule has 148 valence electrons. The predicted molar refractivity (Wildman–Crippen MR) is 100 cm³/mol. The summed E-state index contributed by atoms with van der Waals surface area (Å²) >= 11 is 5.65. The highest BCUT2D eigenvalue weighted by Gasteiger charge is 2.17. The molecule has 0 unspecified atom stereocenters. The molecule has 2 heterocycles. The number of hydrogen-bond acceptors (Lipinski definition) is 6. The average molecular weight is 409 g/mol. The van der Waals surface area contributed by atoms with Crippen LogP contribution in [-0.2, 0) is 16.1 Å². The molecule has 1 fully saturated rings. The molecule has 1 saturated heterocycles. The number of hydrogen-bond donors (Lipinski definition) is 1. The number of rotatable bonds is 6. The molecule has 1 aromatic heterocycles. The molecule has 0 aliphatic carbocycles. The second-order valence-electron chi connectivity index (χ2n) is 6.36. The Morgan fingerprint density at radius 2 is 2.00 bits per heavy atom. The molecule has 3 rings (SSSR count). The summed E-state index contributed by atoms with van der Waals surface area (Å²) < 4.78 is 23.7. The molecule has 0 atom stereocenters. The van der Waals surface area contributed by atoms with E-state index in [9.17, 15) is 18.8 Å². The van der Waals surface area contributed by atoms with Crippen LogP contribution in [0.3, 0.4) is 0 Å². The van der Waals surface area contributed by atoms with Crippen molar-refractivity contribution in [3.05, 3.63) is 57.4 Å². The highest BCUT2D eigenvalue weighted by atomic mass is 35.5. The number of nitrogens with zero attached hydrogens (tertiary/aromatic N) is 1. The lowest BCUT2D eigenvalue weighted by Gasteiger charge is -2.24. The van der Waals surface area contributed by atoms with Crippen molar-refractivity contribution in [2.75, 3.05) is 25.0 Å². The van der Waals surface area contributed by atoms with Crippen molar-refractivity contribution in [1.29, 1.82) is 0 Å². The Morgan fingerprint density at radius 1 is 1.25 bits per heavy atom. The van der Waals surface area contributed by atoms with E-state index in [-0.39, 0.29) is 16.6 Å². The van der Waals surface area contributed by atoms with E-state index in [1.54, 1.807) is 0 Å². The minimum atomic E-state index is -0.593. The van der Waals surface area contributed by atoms with Crippen LogP contribution in [0.4, 0.5) is 10.1 Å². The van der Waals surface area contributed by atoms with E-state index in [2.05, 4.69) is 5.32 Å². The summed E-state index contributed by atoms with van der Waals surface area (Å²) in [5.41, 5.74) is -0.102. The number of carbonyl (C=O) groups is 2. The number of halogens is 2. The predicted octanol–water partition coefficient (Wildman–Crippen LogP) is 2.61. The Bertz CT molecular complexity index is 936. The summed E-state index contributed by atoms with van der Waals surface area (Å²) in [4.78, 5) is 37.3. The third-order valence-electron chi connectivity index (χ3n) is 4.21. The van der Waals surface area contributed by atoms with E-state index in [1.165, 1.54) is 18.2 Å². The second kappa shape index (κ2) is 8.99. The first-order chi connectivity index (χ1) is 13.4. The molecular formula is C19H18ClFN2O5. The molecule has 1 aromatic carbocycles. The van der Waals surface area contributed by atoms with Gasteiger partial charge in [0.05, 0.1) is 11.6 Å². The van der Waals surface area contributed by atoms with Crippen molar-refractivity contribution in [1.82, 2.24) is 4.90 Å². The number of piperidine rings is 1. The zero-order valence-electron chi connectivity index (χ0n) is 14.9. The Morgan fingerprint density at radius 3 is 2.68 bits per heavy atom. The Kier molecular flexibility index (Phi) is 6.43. The molecule has 0 saturated carbocycles. The maximum absolute atomic E-state index is 13.1. The third-order valence-corrected chi connectivity index (χ3v) is 4.50. The van der Waals surface area contributed by atoms with Crippen LogP contribution < -0.4 is 15.5 Å². The number of likely N-dealkylation sites (tertiary alicyclic amines) is 1. The van der Waals surface area contributed by atoms with E-state index in [0.717, 1.165) is 12.3 Å².